The van der Waals surface area contributed by atoms with Crippen molar-refractivity contribution in [2.45, 2.75) is 19.9 Å². The molecule has 0 spiro atoms. The Hall–Kier alpha value is -3.21. The molecule has 2 aromatic carbocycles. The number of nitrogens with zero attached hydrogens (tertiary/aromatic N) is 3. The number of hydrogen-bond donors (Lipinski definition) is 0. The molecule has 0 radical (unpaired) electrons. The van der Waals surface area contributed by atoms with Crippen LogP contribution in [0.1, 0.15) is 27.2 Å². The molecule has 27 heavy (non-hydrogen) atoms. The lowest BCUT2D eigenvalue weighted by Crippen LogP contribution is -2.36. The molecule has 1 amide bonds. The summed E-state index contributed by atoms with van der Waals surface area (Å²) in [6.07, 6.45) is 2.52. The maximum atomic E-state index is 13.0. The molecule has 0 fully saturated rings. The summed E-state index contributed by atoms with van der Waals surface area (Å²) < 4.78 is 5.18. The monoisotopic (exact) mass is 359 g/mol. The summed E-state index contributed by atoms with van der Waals surface area (Å²) in [5.41, 5.74) is 4.69. The van der Waals surface area contributed by atoms with Crippen LogP contribution in [0.15, 0.2) is 54.7 Å². The summed E-state index contributed by atoms with van der Waals surface area (Å²) in [4.78, 5) is 23.9. The van der Waals surface area contributed by atoms with Crippen molar-refractivity contribution in [2.75, 3.05) is 13.7 Å². The maximum absolute atomic E-state index is 13.0. The fraction of sp³-hybridized carbons (Fsp3) is 0.227. The SMILES string of the molecule is COc1ccc(-c2ncc(C(=O)N3CCc4ccccc4C3)c(C)n2)cc1. The second-order valence-corrected chi connectivity index (χ2v) is 6.67. The smallest absolute Gasteiger partial charge is 0.257 e. The lowest BCUT2D eigenvalue weighted by atomic mass is 9.99. The van der Waals surface area contributed by atoms with Crippen LogP contribution in [0.4, 0.5) is 0 Å². The van der Waals surface area contributed by atoms with Crippen molar-refractivity contribution in [3.63, 3.8) is 0 Å². The normalized spacial score (nSPS) is 13.2. The number of hydrogen-bond acceptors (Lipinski definition) is 4. The molecule has 0 N–H and O–H groups in total. The van der Waals surface area contributed by atoms with E-state index < -0.39 is 0 Å². The van der Waals surface area contributed by atoms with Gasteiger partial charge >= 0.3 is 0 Å². The van der Waals surface area contributed by atoms with Gasteiger partial charge in [-0.3, -0.25) is 4.79 Å². The summed E-state index contributed by atoms with van der Waals surface area (Å²) in [5, 5.41) is 0. The molecule has 5 nitrogen and oxygen atoms in total. The minimum atomic E-state index is -0.0108. The third kappa shape index (κ3) is 3.40. The number of rotatable bonds is 3. The molecule has 0 unspecified atom stereocenters. The minimum Gasteiger partial charge on any atom is -0.497 e. The van der Waals surface area contributed by atoms with Gasteiger partial charge in [-0.1, -0.05) is 24.3 Å². The van der Waals surface area contributed by atoms with Gasteiger partial charge in [0.1, 0.15) is 5.75 Å². The Kier molecular flexibility index (Phi) is 4.59. The van der Waals surface area contributed by atoms with E-state index in [4.69, 9.17) is 4.74 Å². The van der Waals surface area contributed by atoms with Gasteiger partial charge in [0.25, 0.3) is 5.91 Å². The van der Waals surface area contributed by atoms with Gasteiger partial charge < -0.3 is 9.64 Å². The van der Waals surface area contributed by atoms with Gasteiger partial charge in [-0.05, 0) is 48.7 Å². The van der Waals surface area contributed by atoms with Crippen molar-refractivity contribution in [1.82, 2.24) is 14.9 Å². The van der Waals surface area contributed by atoms with Gasteiger partial charge in [-0.15, -0.1) is 0 Å². The summed E-state index contributed by atoms with van der Waals surface area (Å²) >= 11 is 0. The average Bonchev–Trinajstić information content (AvgIpc) is 2.73. The number of ether oxygens (including phenoxy) is 1. The molecule has 0 bridgehead atoms. The Morgan fingerprint density at radius 2 is 1.81 bits per heavy atom. The zero-order chi connectivity index (χ0) is 18.8. The molecule has 2 heterocycles. The van der Waals surface area contributed by atoms with Crippen LogP contribution in [-0.2, 0) is 13.0 Å². The Bertz CT molecular complexity index is 983. The number of benzene rings is 2. The Morgan fingerprint density at radius 3 is 2.52 bits per heavy atom. The van der Waals surface area contributed by atoms with Crippen LogP contribution in [-0.4, -0.2) is 34.4 Å². The van der Waals surface area contributed by atoms with Crippen molar-refractivity contribution in [2.24, 2.45) is 0 Å². The number of aromatic nitrogens is 2. The van der Waals surface area contributed by atoms with Crippen LogP contribution in [0.3, 0.4) is 0 Å². The lowest BCUT2D eigenvalue weighted by Gasteiger charge is -2.29. The second-order valence-electron chi connectivity index (χ2n) is 6.67. The molecule has 0 atom stereocenters. The molecule has 1 aliphatic rings. The molecule has 4 rings (SSSR count). The van der Waals surface area contributed by atoms with E-state index >= 15 is 0 Å². The molecule has 3 aromatic rings. The number of methoxy groups -OCH3 is 1. The van der Waals surface area contributed by atoms with E-state index in [2.05, 4.69) is 22.1 Å². The predicted molar refractivity (Wildman–Crippen MR) is 104 cm³/mol. The summed E-state index contributed by atoms with van der Waals surface area (Å²) in [6, 6.07) is 15.9. The highest BCUT2D eigenvalue weighted by atomic mass is 16.5. The second kappa shape index (κ2) is 7.19. The predicted octanol–water partition coefficient (Wildman–Crippen LogP) is 3.66. The fourth-order valence-corrected chi connectivity index (χ4v) is 3.40. The Balaban J connectivity index is 1.56. The fourth-order valence-electron chi connectivity index (χ4n) is 3.40. The van der Waals surface area contributed by atoms with E-state index in [9.17, 15) is 4.79 Å². The van der Waals surface area contributed by atoms with Gasteiger partial charge in [0.05, 0.1) is 18.4 Å². The highest BCUT2D eigenvalue weighted by Gasteiger charge is 2.23. The number of aryl methyl sites for hydroxylation is 1. The van der Waals surface area contributed by atoms with E-state index in [0.717, 1.165) is 24.3 Å². The Labute approximate surface area is 158 Å². The third-order valence-electron chi connectivity index (χ3n) is 4.98. The highest BCUT2D eigenvalue weighted by molar-refractivity contribution is 5.95. The van der Waals surface area contributed by atoms with Crippen LogP contribution in [0.5, 0.6) is 5.75 Å². The lowest BCUT2D eigenvalue weighted by molar-refractivity contribution is 0.0733. The van der Waals surface area contributed by atoms with Crippen molar-refractivity contribution in [1.29, 1.82) is 0 Å². The van der Waals surface area contributed by atoms with Gasteiger partial charge in [0.15, 0.2) is 5.82 Å². The van der Waals surface area contributed by atoms with Crippen molar-refractivity contribution >= 4 is 5.91 Å². The van der Waals surface area contributed by atoms with Crippen molar-refractivity contribution in [3.8, 4) is 17.1 Å². The molecule has 5 heteroatoms. The van der Waals surface area contributed by atoms with Gasteiger partial charge in [-0.2, -0.15) is 0 Å². The first-order valence-electron chi connectivity index (χ1n) is 9.00. The molecular formula is C22H21N3O2. The summed E-state index contributed by atoms with van der Waals surface area (Å²) in [5.74, 6) is 1.38. The van der Waals surface area contributed by atoms with Crippen molar-refractivity contribution < 1.29 is 9.53 Å². The van der Waals surface area contributed by atoms with Crippen LogP contribution in [0.2, 0.25) is 0 Å². The number of fused-ring (bicyclic) bond motifs is 1. The van der Waals surface area contributed by atoms with E-state index in [-0.39, 0.29) is 5.91 Å². The van der Waals surface area contributed by atoms with Gasteiger partial charge in [0, 0.05) is 24.8 Å². The average molecular weight is 359 g/mol. The van der Waals surface area contributed by atoms with Gasteiger partial charge in [-0.25, -0.2) is 9.97 Å². The largest absolute Gasteiger partial charge is 0.497 e. The quantitative estimate of drug-likeness (QED) is 0.716. The maximum Gasteiger partial charge on any atom is 0.257 e. The van der Waals surface area contributed by atoms with Crippen LogP contribution < -0.4 is 4.74 Å². The van der Waals surface area contributed by atoms with Crippen LogP contribution in [0, 0.1) is 6.92 Å². The molecular weight excluding hydrogens is 338 g/mol. The topological polar surface area (TPSA) is 55.3 Å². The minimum absolute atomic E-state index is 0.0108. The first kappa shape index (κ1) is 17.2. The zero-order valence-corrected chi connectivity index (χ0v) is 15.5. The van der Waals surface area contributed by atoms with E-state index in [1.165, 1.54) is 11.1 Å². The molecule has 136 valence electrons. The van der Waals surface area contributed by atoms with E-state index in [1.54, 1.807) is 13.3 Å². The number of carbonyl (C=O) groups excluding carboxylic acids is 1. The molecule has 1 aromatic heterocycles. The third-order valence-corrected chi connectivity index (χ3v) is 4.98. The van der Waals surface area contributed by atoms with E-state index in [0.29, 0.717) is 23.6 Å². The van der Waals surface area contributed by atoms with Gasteiger partial charge in [0.2, 0.25) is 0 Å². The molecule has 0 aliphatic carbocycles. The summed E-state index contributed by atoms with van der Waals surface area (Å²) in [6.45, 7) is 3.21. The van der Waals surface area contributed by atoms with Crippen LogP contribution >= 0.6 is 0 Å². The molecule has 0 saturated carbocycles. The molecule has 0 saturated heterocycles. The number of amides is 1. The highest BCUT2D eigenvalue weighted by Crippen LogP contribution is 2.23. The summed E-state index contributed by atoms with van der Waals surface area (Å²) in [7, 11) is 1.63. The van der Waals surface area contributed by atoms with Crippen LogP contribution in [0.25, 0.3) is 11.4 Å². The first-order valence-corrected chi connectivity index (χ1v) is 9.00. The number of carbonyl (C=O) groups is 1. The zero-order valence-electron chi connectivity index (χ0n) is 15.5. The standard InChI is InChI=1S/C22H21N3O2/c1-15-20(13-23-21(24-15)17-7-9-19(27-2)10-8-17)22(26)25-12-11-16-5-3-4-6-18(16)14-25/h3-10,13H,11-12,14H2,1-2H3. The Morgan fingerprint density at radius 1 is 1.07 bits per heavy atom. The first-order chi connectivity index (χ1) is 13.2. The molecule has 1 aliphatic heterocycles. The van der Waals surface area contributed by atoms with Crippen molar-refractivity contribution in [3.05, 3.63) is 77.1 Å². The van der Waals surface area contributed by atoms with E-state index in [1.807, 2.05) is 48.2 Å².